The van der Waals surface area contributed by atoms with Gasteiger partial charge in [-0.15, -0.1) is 0 Å². The first-order chi connectivity index (χ1) is 17.6. The number of hydrogen-bond donors (Lipinski definition) is 2. The Balaban J connectivity index is 1.54. The molecule has 0 bridgehead atoms. The van der Waals surface area contributed by atoms with Gasteiger partial charge in [-0.05, 0) is 35.1 Å². The third kappa shape index (κ3) is 4.89. The van der Waals surface area contributed by atoms with Crippen LogP contribution >= 0.6 is 11.8 Å². The molecule has 9 nitrogen and oxygen atoms in total. The van der Waals surface area contributed by atoms with Crippen LogP contribution in [0.3, 0.4) is 0 Å². The summed E-state index contributed by atoms with van der Waals surface area (Å²) in [5, 5.41) is 14.6. The average Bonchev–Trinajstić information content (AvgIpc) is 2.85. The number of carbonyl (C=O) groups excluding carboxylic acids is 1. The van der Waals surface area contributed by atoms with Crippen LogP contribution in [0, 0.1) is 15.5 Å². The molecule has 2 N–H and O–H groups in total. The Labute approximate surface area is 217 Å². The molecule has 3 aromatic rings. The monoisotopic (exact) mass is 518 g/mol. The number of Topliss-reactive ketones (excluding diaryl/α,β-unsaturated/α-hetero) is 1. The molecule has 2 aliphatic rings. The minimum absolute atomic E-state index is 0.0215. The van der Waals surface area contributed by atoms with E-state index in [0.717, 1.165) is 16.8 Å². The van der Waals surface area contributed by atoms with Crippen molar-refractivity contribution in [2.45, 2.75) is 43.5 Å². The van der Waals surface area contributed by atoms with Gasteiger partial charge < -0.3 is 15.0 Å². The van der Waals surface area contributed by atoms with Crippen molar-refractivity contribution in [2.75, 3.05) is 12.4 Å². The number of allylic oxidation sites excluding steroid dienone is 2. The molecule has 5 rings (SSSR count). The topological polar surface area (TPSA) is 127 Å². The number of nitro groups is 1. The zero-order valence-corrected chi connectivity index (χ0v) is 21.5. The summed E-state index contributed by atoms with van der Waals surface area (Å²) in [6, 6.07) is 13.7. The second-order valence-electron chi connectivity index (χ2n) is 10.0. The van der Waals surface area contributed by atoms with Gasteiger partial charge >= 0.3 is 0 Å². The summed E-state index contributed by atoms with van der Waals surface area (Å²) in [4.78, 5) is 44.9. The number of nitrogens with one attached hydrogen (secondary N) is 2. The van der Waals surface area contributed by atoms with E-state index in [9.17, 15) is 19.7 Å². The van der Waals surface area contributed by atoms with Gasteiger partial charge in [-0.1, -0.05) is 49.9 Å². The number of fused-ring (bicyclic) bond motifs is 1. The summed E-state index contributed by atoms with van der Waals surface area (Å²) < 4.78 is 5.41. The molecule has 1 atom stereocenters. The fourth-order valence-electron chi connectivity index (χ4n) is 4.98. The molecule has 0 spiro atoms. The van der Waals surface area contributed by atoms with E-state index in [0.29, 0.717) is 46.5 Å². The molecule has 37 heavy (non-hydrogen) atoms. The van der Waals surface area contributed by atoms with Crippen LogP contribution in [0.1, 0.15) is 49.3 Å². The lowest BCUT2D eigenvalue weighted by molar-refractivity contribution is -0.384. The summed E-state index contributed by atoms with van der Waals surface area (Å²) in [6.45, 7) is 4.12. The van der Waals surface area contributed by atoms with Crippen LogP contribution in [0.25, 0.3) is 0 Å². The fraction of sp³-hybridized carbons (Fsp3) is 0.296. The minimum atomic E-state index is -0.560. The molecule has 0 saturated carbocycles. The van der Waals surface area contributed by atoms with E-state index < -0.39 is 10.8 Å². The number of nitrogens with zero attached hydrogens (tertiary/aromatic N) is 2. The van der Waals surface area contributed by atoms with Crippen molar-refractivity contribution in [2.24, 2.45) is 5.41 Å². The van der Waals surface area contributed by atoms with Gasteiger partial charge in [-0.25, -0.2) is 4.98 Å². The highest BCUT2D eigenvalue weighted by molar-refractivity contribution is 7.98. The van der Waals surface area contributed by atoms with E-state index in [4.69, 9.17) is 9.72 Å². The molecule has 1 aliphatic heterocycles. The number of rotatable bonds is 6. The fourth-order valence-corrected chi connectivity index (χ4v) is 5.80. The Morgan fingerprint density at radius 1 is 1.16 bits per heavy atom. The second kappa shape index (κ2) is 9.51. The van der Waals surface area contributed by atoms with E-state index in [2.05, 4.69) is 24.1 Å². The van der Waals surface area contributed by atoms with Crippen molar-refractivity contribution in [3.63, 3.8) is 0 Å². The molecule has 0 amide bonds. The summed E-state index contributed by atoms with van der Waals surface area (Å²) in [6.07, 6.45) is 1.06. The van der Waals surface area contributed by atoms with Crippen LogP contribution < -0.4 is 15.6 Å². The van der Waals surface area contributed by atoms with Crippen molar-refractivity contribution < 1.29 is 14.5 Å². The highest BCUT2D eigenvalue weighted by Crippen LogP contribution is 2.48. The van der Waals surface area contributed by atoms with Gasteiger partial charge in [-0.2, -0.15) is 0 Å². The maximum Gasteiger partial charge on any atom is 0.269 e. The summed E-state index contributed by atoms with van der Waals surface area (Å²) in [7, 11) is 1.58. The normalized spacial score (nSPS) is 18.0. The Morgan fingerprint density at radius 3 is 2.62 bits per heavy atom. The van der Waals surface area contributed by atoms with Gasteiger partial charge in [0.05, 0.1) is 17.6 Å². The van der Waals surface area contributed by atoms with Gasteiger partial charge in [-0.3, -0.25) is 19.7 Å². The quantitative estimate of drug-likeness (QED) is 0.198. The van der Waals surface area contributed by atoms with Crippen molar-refractivity contribution >= 4 is 29.1 Å². The molecule has 1 aromatic heterocycles. The highest BCUT2D eigenvalue weighted by Gasteiger charge is 2.42. The lowest BCUT2D eigenvalue weighted by Gasteiger charge is -2.38. The van der Waals surface area contributed by atoms with Crippen LogP contribution in [-0.2, 0) is 10.5 Å². The number of methoxy groups -OCH3 is 1. The molecule has 2 aromatic carbocycles. The number of nitro benzene ring substituents is 1. The van der Waals surface area contributed by atoms with Gasteiger partial charge in [0.15, 0.2) is 10.9 Å². The van der Waals surface area contributed by atoms with Crippen molar-refractivity contribution in [1.29, 1.82) is 0 Å². The van der Waals surface area contributed by atoms with Crippen LogP contribution in [0.5, 0.6) is 5.75 Å². The SMILES string of the molecule is COc1cccc([C@@H]2C3=C(CC(C)(C)CC3=O)Nc3nc(SCc4ccc([N+](=O)[O-])cc4)[nH]c(=O)c32)c1. The van der Waals surface area contributed by atoms with Crippen LogP contribution in [0.4, 0.5) is 11.5 Å². The summed E-state index contributed by atoms with van der Waals surface area (Å²) in [5.41, 5.74) is 2.96. The molecule has 0 fully saturated rings. The largest absolute Gasteiger partial charge is 0.497 e. The van der Waals surface area contributed by atoms with E-state index >= 15 is 0 Å². The lowest BCUT2D eigenvalue weighted by atomic mass is 9.69. The smallest absolute Gasteiger partial charge is 0.269 e. The third-order valence-corrected chi connectivity index (χ3v) is 7.59. The van der Waals surface area contributed by atoms with Crippen molar-refractivity contribution in [1.82, 2.24) is 9.97 Å². The highest BCUT2D eigenvalue weighted by atomic mass is 32.2. The van der Waals surface area contributed by atoms with Gasteiger partial charge in [0.25, 0.3) is 11.2 Å². The third-order valence-electron chi connectivity index (χ3n) is 6.65. The molecular formula is C27H26N4O5S. The molecule has 190 valence electrons. The van der Waals surface area contributed by atoms with E-state index in [1.165, 1.54) is 23.9 Å². The van der Waals surface area contributed by atoms with Crippen LogP contribution in [0.2, 0.25) is 0 Å². The molecule has 0 unspecified atom stereocenters. The van der Waals surface area contributed by atoms with Crippen LogP contribution in [0.15, 0.2) is 69.8 Å². The Bertz CT molecular complexity index is 1490. The number of ether oxygens (including phenoxy) is 1. The van der Waals surface area contributed by atoms with Gasteiger partial charge in [0.1, 0.15) is 11.6 Å². The minimum Gasteiger partial charge on any atom is -0.497 e. The van der Waals surface area contributed by atoms with Gasteiger partial charge in [0, 0.05) is 41.5 Å². The number of carbonyl (C=O) groups is 1. The zero-order valence-electron chi connectivity index (χ0n) is 20.7. The number of ketones is 1. The van der Waals surface area contributed by atoms with E-state index in [-0.39, 0.29) is 22.4 Å². The predicted molar refractivity (Wildman–Crippen MR) is 141 cm³/mol. The van der Waals surface area contributed by atoms with Crippen molar-refractivity contribution in [3.8, 4) is 5.75 Å². The van der Waals surface area contributed by atoms with Crippen molar-refractivity contribution in [3.05, 3.63) is 97.0 Å². The number of aromatic amines is 1. The second-order valence-corrected chi connectivity index (χ2v) is 11.0. The number of hydrogen-bond acceptors (Lipinski definition) is 8. The first kappa shape index (κ1) is 24.8. The molecule has 0 saturated heterocycles. The summed E-state index contributed by atoms with van der Waals surface area (Å²) in [5.74, 6) is 1.01. The van der Waals surface area contributed by atoms with E-state index in [1.54, 1.807) is 19.2 Å². The number of aromatic nitrogens is 2. The Morgan fingerprint density at radius 2 is 1.92 bits per heavy atom. The number of thioether (sulfide) groups is 1. The summed E-state index contributed by atoms with van der Waals surface area (Å²) >= 11 is 1.33. The van der Waals surface area contributed by atoms with Crippen LogP contribution in [-0.4, -0.2) is 27.8 Å². The zero-order chi connectivity index (χ0) is 26.3. The van der Waals surface area contributed by atoms with E-state index in [1.807, 2.05) is 24.3 Å². The maximum atomic E-state index is 13.5. The first-order valence-electron chi connectivity index (χ1n) is 11.8. The molecule has 0 radical (unpaired) electrons. The molecule has 10 heteroatoms. The van der Waals surface area contributed by atoms with Gasteiger partial charge in [0.2, 0.25) is 0 Å². The number of H-pyrrole nitrogens is 1. The Hall–Kier alpha value is -3.92. The number of anilines is 1. The standard InChI is InChI=1S/C27H26N4O5S/c1-27(2)12-19-22(20(32)13-27)21(16-5-4-6-18(11-16)36-3)23-24(28-19)29-26(30-25(23)33)37-14-15-7-9-17(10-8-15)31(34)35/h4-11,21H,12-14H2,1-3H3,(H2,28,29,30,33)/t21-/m1/s1. The first-order valence-corrected chi connectivity index (χ1v) is 12.8. The number of benzene rings is 2. The molecule has 1 aliphatic carbocycles. The number of non-ortho nitro benzene ring substituents is 1. The average molecular weight is 519 g/mol. The maximum absolute atomic E-state index is 13.5. The molecular weight excluding hydrogens is 492 g/mol. The predicted octanol–water partition coefficient (Wildman–Crippen LogP) is 5.18. The lowest BCUT2D eigenvalue weighted by Crippen LogP contribution is -2.37. The Kier molecular flexibility index (Phi) is 6.36. The molecule has 2 heterocycles.